The number of ether oxygens (including phenoxy) is 4. The summed E-state index contributed by atoms with van der Waals surface area (Å²) in [5, 5.41) is 4.04. The Kier molecular flexibility index (Phi) is 10.7. The van der Waals surface area contributed by atoms with Gasteiger partial charge in [-0.25, -0.2) is 4.98 Å². The van der Waals surface area contributed by atoms with Gasteiger partial charge in [0.05, 0.1) is 45.1 Å². The van der Waals surface area contributed by atoms with Gasteiger partial charge in [-0.05, 0) is 26.2 Å². The van der Waals surface area contributed by atoms with Crippen LogP contribution in [0.25, 0.3) is 22.2 Å². The maximum Gasteiger partial charge on any atom is 0.260 e. The average molecular weight is 601 g/mol. The minimum Gasteiger partial charge on any atom is -0.497 e. The van der Waals surface area contributed by atoms with E-state index in [-0.39, 0.29) is 35.7 Å². The second-order valence-corrected chi connectivity index (χ2v) is 10.4. The van der Waals surface area contributed by atoms with Crippen molar-refractivity contribution in [3.05, 3.63) is 51.9 Å². The van der Waals surface area contributed by atoms with Gasteiger partial charge >= 0.3 is 0 Å². The molecule has 42 heavy (non-hydrogen) atoms. The number of rotatable bonds is 14. The molecule has 1 amide bonds. The molecule has 2 aromatic heterocycles. The van der Waals surface area contributed by atoms with Gasteiger partial charge in [0.15, 0.2) is 0 Å². The summed E-state index contributed by atoms with van der Waals surface area (Å²) >= 11 is 6.66. The van der Waals surface area contributed by atoms with Crippen molar-refractivity contribution in [3.8, 4) is 22.6 Å². The lowest BCUT2D eigenvalue weighted by atomic mass is 10.0. The molecule has 1 fully saturated rings. The van der Waals surface area contributed by atoms with Gasteiger partial charge in [0, 0.05) is 68.1 Å². The molecular weight excluding hydrogens is 564 g/mol. The van der Waals surface area contributed by atoms with E-state index in [9.17, 15) is 9.59 Å². The lowest BCUT2D eigenvalue weighted by Crippen LogP contribution is -2.54. The zero-order valence-electron chi connectivity index (χ0n) is 24.6. The Morgan fingerprint density at radius 1 is 1.14 bits per heavy atom. The zero-order valence-corrected chi connectivity index (χ0v) is 25.3. The number of benzene rings is 1. The Morgan fingerprint density at radius 3 is 2.62 bits per heavy atom. The summed E-state index contributed by atoms with van der Waals surface area (Å²) < 4.78 is 23.5. The highest BCUT2D eigenvalue weighted by atomic mass is 35.5. The highest BCUT2D eigenvalue weighted by Gasteiger charge is 2.30. The first kappa shape index (κ1) is 31.2. The lowest BCUT2D eigenvalue weighted by Gasteiger charge is -2.38. The van der Waals surface area contributed by atoms with E-state index in [1.54, 1.807) is 47.0 Å². The van der Waals surface area contributed by atoms with Crippen LogP contribution < -0.4 is 20.3 Å². The molecule has 12 nitrogen and oxygen atoms in total. The van der Waals surface area contributed by atoms with E-state index in [1.165, 1.54) is 14.2 Å². The van der Waals surface area contributed by atoms with Crippen molar-refractivity contribution in [1.82, 2.24) is 24.3 Å². The number of anilines is 1. The summed E-state index contributed by atoms with van der Waals surface area (Å²) in [7, 11) is 8.53. The van der Waals surface area contributed by atoms with E-state index in [0.29, 0.717) is 72.4 Å². The van der Waals surface area contributed by atoms with E-state index in [1.807, 2.05) is 25.1 Å². The van der Waals surface area contributed by atoms with Crippen LogP contribution in [0.5, 0.6) is 11.5 Å². The van der Waals surface area contributed by atoms with Crippen molar-refractivity contribution >= 4 is 34.5 Å². The van der Waals surface area contributed by atoms with Gasteiger partial charge in [0.2, 0.25) is 11.9 Å². The number of hydrogen-bond acceptors (Lipinski definition) is 10. The summed E-state index contributed by atoms with van der Waals surface area (Å²) in [4.78, 5) is 39.0. The minimum atomic E-state index is -0.304. The van der Waals surface area contributed by atoms with Crippen LogP contribution in [0.3, 0.4) is 0 Å². The molecule has 0 atom stereocenters. The van der Waals surface area contributed by atoms with Gasteiger partial charge in [0.1, 0.15) is 17.1 Å². The Morgan fingerprint density at radius 2 is 1.93 bits per heavy atom. The molecule has 1 aliphatic heterocycles. The van der Waals surface area contributed by atoms with Crippen LogP contribution in [0.15, 0.2) is 41.3 Å². The van der Waals surface area contributed by atoms with Gasteiger partial charge in [0.25, 0.3) is 5.56 Å². The van der Waals surface area contributed by atoms with Crippen LogP contribution in [-0.4, -0.2) is 111 Å². The molecule has 0 spiro atoms. The third kappa shape index (κ3) is 7.37. The predicted octanol–water partition coefficient (Wildman–Crippen LogP) is 2.53. The third-order valence-electron chi connectivity index (χ3n) is 6.73. The first-order chi connectivity index (χ1) is 20.2. The van der Waals surface area contributed by atoms with Gasteiger partial charge in [-0.1, -0.05) is 17.7 Å². The van der Waals surface area contributed by atoms with Crippen molar-refractivity contribution in [2.45, 2.75) is 12.6 Å². The fourth-order valence-corrected chi connectivity index (χ4v) is 4.74. The molecule has 1 aliphatic rings. The molecule has 226 valence electrons. The number of methoxy groups -OCH3 is 3. The van der Waals surface area contributed by atoms with E-state index in [0.717, 1.165) is 0 Å². The molecule has 1 saturated heterocycles. The van der Waals surface area contributed by atoms with Gasteiger partial charge < -0.3 is 34.1 Å². The highest BCUT2D eigenvalue weighted by Crippen LogP contribution is 2.38. The van der Waals surface area contributed by atoms with Crippen molar-refractivity contribution < 1.29 is 23.7 Å². The van der Waals surface area contributed by atoms with Crippen LogP contribution in [0, 0.1) is 0 Å². The summed E-state index contributed by atoms with van der Waals surface area (Å²) in [6.07, 6.45) is 4.97. The Hall–Kier alpha value is -3.71. The van der Waals surface area contributed by atoms with Crippen LogP contribution >= 0.6 is 11.6 Å². The molecule has 0 bridgehead atoms. The first-order valence-corrected chi connectivity index (χ1v) is 13.9. The normalized spacial score (nSPS) is 13.6. The molecule has 0 radical (unpaired) electrons. The summed E-state index contributed by atoms with van der Waals surface area (Å²) in [6, 6.07) is 5.07. The van der Waals surface area contributed by atoms with Crippen molar-refractivity contribution in [1.29, 1.82) is 0 Å². The van der Waals surface area contributed by atoms with Crippen LogP contribution in [0.1, 0.15) is 0 Å². The summed E-state index contributed by atoms with van der Waals surface area (Å²) in [5.41, 5.74) is 0.955. The van der Waals surface area contributed by atoms with E-state index < -0.39 is 0 Å². The SMILES string of the molecule is COCCNc1ncc2cc(-c3cc(OC)cc(OC)c3Cl)c(=O)n(CCOC3CN(C(=O)C=CCN(C)C)C3)c2n1. The summed E-state index contributed by atoms with van der Waals surface area (Å²) in [6.45, 7) is 3.14. The Balaban J connectivity index is 1.59. The predicted molar refractivity (Wildman–Crippen MR) is 162 cm³/mol. The molecule has 0 saturated carbocycles. The second kappa shape index (κ2) is 14.5. The number of likely N-dealkylation sites (tertiary alicyclic amines) is 1. The molecule has 0 aliphatic carbocycles. The molecule has 3 aromatic rings. The molecule has 3 heterocycles. The Bertz CT molecular complexity index is 1490. The van der Waals surface area contributed by atoms with Crippen molar-refractivity contribution in [2.75, 3.05) is 80.1 Å². The average Bonchev–Trinajstić information content (AvgIpc) is 2.95. The molecule has 0 unspecified atom stereocenters. The monoisotopic (exact) mass is 600 g/mol. The number of amides is 1. The maximum absolute atomic E-state index is 14.0. The number of nitrogens with one attached hydrogen (secondary N) is 1. The number of nitrogens with zero attached hydrogens (tertiary/aromatic N) is 5. The number of pyridine rings is 1. The van der Waals surface area contributed by atoms with E-state index >= 15 is 0 Å². The van der Waals surface area contributed by atoms with E-state index in [4.69, 9.17) is 30.5 Å². The first-order valence-electron chi connectivity index (χ1n) is 13.5. The fourth-order valence-electron chi connectivity index (χ4n) is 4.45. The molecular formula is C29H37ClN6O6. The molecule has 4 rings (SSSR count). The van der Waals surface area contributed by atoms with Crippen LogP contribution in [0.2, 0.25) is 5.02 Å². The minimum absolute atomic E-state index is 0.0394. The van der Waals surface area contributed by atoms with E-state index in [2.05, 4.69) is 15.3 Å². The number of fused-ring (bicyclic) bond motifs is 1. The Labute approximate surface area is 249 Å². The molecule has 1 N–H and O–H groups in total. The quantitative estimate of drug-likeness (QED) is 0.218. The van der Waals surface area contributed by atoms with Crippen LogP contribution in [-0.2, 0) is 20.8 Å². The van der Waals surface area contributed by atoms with Gasteiger partial charge in [-0.15, -0.1) is 0 Å². The highest BCUT2D eigenvalue weighted by molar-refractivity contribution is 6.35. The smallest absolute Gasteiger partial charge is 0.260 e. The lowest BCUT2D eigenvalue weighted by molar-refractivity contribution is -0.139. The number of likely N-dealkylation sites (N-methyl/N-ethyl adjacent to an activating group) is 1. The van der Waals surface area contributed by atoms with Crippen molar-refractivity contribution in [3.63, 3.8) is 0 Å². The standard InChI is InChI=1S/C29H37ClN6O6/c1-34(2)9-6-7-25(37)35-17-21(18-35)42-12-10-36-27-19(16-32-29(33-27)31-8-11-39-3)13-23(28(36)38)22-14-20(40-4)15-24(41-5)26(22)30/h6-7,13-16,21H,8-12,17-18H2,1-5H3,(H,31,32,33). The zero-order chi connectivity index (χ0) is 30.2. The number of halogens is 1. The van der Waals surface area contributed by atoms with Gasteiger partial charge in [-0.2, -0.15) is 4.98 Å². The van der Waals surface area contributed by atoms with Crippen LogP contribution in [0.4, 0.5) is 5.95 Å². The topological polar surface area (TPSA) is 120 Å². The maximum atomic E-state index is 14.0. The van der Waals surface area contributed by atoms with Crippen molar-refractivity contribution in [2.24, 2.45) is 0 Å². The third-order valence-corrected chi connectivity index (χ3v) is 7.12. The second-order valence-electron chi connectivity index (χ2n) is 10.00. The number of carbonyl (C=O) groups is 1. The number of hydrogen-bond donors (Lipinski definition) is 1. The largest absolute Gasteiger partial charge is 0.497 e. The number of carbonyl (C=O) groups excluding carboxylic acids is 1. The number of aromatic nitrogens is 3. The molecule has 1 aromatic carbocycles. The molecule has 13 heteroatoms. The van der Waals surface area contributed by atoms with Gasteiger partial charge in [-0.3, -0.25) is 14.2 Å². The fraction of sp³-hybridized carbons (Fsp3) is 0.448. The summed E-state index contributed by atoms with van der Waals surface area (Å²) in [5.74, 6) is 1.21.